The van der Waals surface area contributed by atoms with Crippen molar-refractivity contribution in [2.45, 2.75) is 38.8 Å². The second kappa shape index (κ2) is 6.15. The predicted molar refractivity (Wildman–Crippen MR) is 82.1 cm³/mol. The molecule has 2 fully saturated rings. The highest BCUT2D eigenvalue weighted by molar-refractivity contribution is 5.30. The SMILES string of the molecule is CC(C)Oc1ccc(C(C2CC2)N2CCNCC2)cc1. The Balaban J connectivity index is 1.73. The number of benzene rings is 1. The average Bonchev–Trinajstić information content (AvgIpc) is 3.26. The van der Waals surface area contributed by atoms with E-state index in [1.54, 1.807) is 0 Å². The number of nitrogens with one attached hydrogen (secondary N) is 1. The summed E-state index contributed by atoms with van der Waals surface area (Å²) in [5.74, 6) is 1.85. The van der Waals surface area contributed by atoms with E-state index in [-0.39, 0.29) is 6.10 Å². The van der Waals surface area contributed by atoms with Gasteiger partial charge in [0.15, 0.2) is 0 Å². The minimum atomic E-state index is 0.244. The van der Waals surface area contributed by atoms with Gasteiger partial charge in [0.05, 0.1) is 6.10 Å². The van der Waals surface area contributed by atoms with Gasteiger partial charge in [0.25, 0.3) is 0 Å². The van der Waals surface area contributed by atoms with Gasteiger partial charge in [-0.05, 0) is 50.3 Å². The lowest BCUT2D eigenvalue weighted by Crippen LogP contribution is -2.45. The van der Waals surface area contributed by atoms with Crippen LogP contribution in [-0.4, -0.2) is 37.2 Å². The molecule has 0 spiro atoms. The van der Waals surface area contributed by atoms with Crippen molar-refractivity contribution in [2.75, 3.05) is 26.2 Å². The quantitative estimate of drug-likeness (QED) is 0.893. The van der Waals surface area contributed by atoms with Gasteiger partial charge in [-0.1, -0.05) is 12.1 Å². The first-order valence-corrected chi connectivity index (χ1v) is 7.95. The smallest absolute Gasteiger partial charge is 0.119 e. The van der Waals surface area contributed by atoms with E-state index in [1.807, 2.05) is 0 Å². The summed E-state index contributed by atoms with van der Waals surface area (Å²) in [6, 6.07) is 9.41. The van der Waals surface area contributed by atoms with Gasteiger partial charge in [0.1, 0.15) is 5.75 Å². The van der Waals surface area contributed by atoms with Crippen LogP contribution in [0.25, 0.3) is 0 Å². The standard InChI is InChI=1S/C17H26N2O/c1-13(2)20-16-7-5-15(6-8-16)17(14-3-4-14)19-11-9-18-10-12-19/h5-8,13-14,17-18H,3-4,9-12H2,1-2H3. The highest BCUT2D eigenvalue weighted by Crippen LogP contribution is 2.44. The normalized spacial score (nSPS) is 21.9. The molecular weight excluding hydrogens is 248 g/mol. The van der Waals surface area contributed by atoms with E-state index in [4.69, 9.17) is 4.74 Å². The van der Waals surface area contributed by atoms with E-state index < -0.39 is 0 Å². The second-order valence-corrected chi connectivity index (χ2v) is 6.30. The van der Waals surface area contributed by atoms with Gasteiger partial charge in [0.2, 0.25) is 0 Å². The minimum Gasteiger partial charge on any atom is -0.491 e. The van der Waals surface area contributed by atoms with Gasteiger partial charge in [-0.15, -0.1) is 0 Å². The molecule has 1 saturated carbocycles. The van der Waals surface area contributed by atoms with Crippen LogP contribution in [0.4, 0.5) is 0 Å². The summed E-state index contributed by atoms with van der Waals surface area (Å²) < 4.78 is 5.75. The molecule has 1 aliphatic carbocycles. The summed E-state index contributed by atoms with van der Waals surface area (Å²) in [5, 5.41) is 3.45. The molecule has 0 radical (unpaired) electrons. The number of ether oxygens (including phenoxy) is 1. The molecular formula is C17H26N2O. The van der Waals surface area contributed by atoms with E-state index in [1.165, 1.54) is 31.5 Å². The summed E-state index contributed by atoms with van der Waals surface area (Å²) in [6.45, 7) is 8.73. The zero-order valence-electron chi connectivity index (χ0n) is 12.6. The topological polar surface area (TPSA) is 24.5 Å². The molecule has 110 valence electrons. The fourth-order valence-electron chi connectivity index (χ4n) is 3.17. The largest absolute Gasteiger partial charge is 0.491 e. The van der Waals surface area contributed by atoms with Crippen molar-refractivity contribution in [1.82, 2.24) is 10.2 Å². The molecule has 3 rings (SSSR count). The Hall–Kier alpha value is -1.06. The van der Waals surface area contributed by atoms with E-state index >= 15 is 0 Å². The predicted octanol–water partition coefficient (Wildman–Crippen LogP) is 2.83. The van der Waals surface area contributed by atoms with E-state index in [0.717, 1.165) is 24.8 Å². The Morgan fingerprint density at radius 3 is 2.30 bits per heavy atom. The Kier molecular flexibility index (Phi) is 4.27. The molecule has 1 aromatic rings. The maximum Gasteiger partial charge on any atom is 0.119 e. The number of nitrogens with zero attached hydrogens (tertiary/aromatic N) is 1. The third kappa shape index (κ3) is 3.33. The van der Waals surface area contributed by atoms with Crippen LogP contribution in [-0.2, 0) is 0 Å². The summed E-state index contributed by atoms with van der Waals surface area (Å²) in [4.78, 5) is 2.66. The summed E-state index contributed by atoms with van der Waals surface area (Å²) >= 11 is 0. The maximum absolute atomic E-state index is 5.75. The van der Waals surface area contributed by atoms with Gasteiger partial charge in [-0.25, -0.2) is 0 Å². The average molecular weight is 274 g/mol. The zero-order chi connectivity index (χ0) is 13.9. The molecule has 1 atom stereocenters. The van der Waals surface area contributed by atoms with Crippen LogP contribution in [0, 0.1) is 5.92 Å². The first-order valence-electron chi connectivity index (χ1n) is 7.95. The summed E-state index contributed by atoms with van der Waals surface area (Å²) in [7, 11) is 0. The van der Waals surface area contributed by atoms with Gasteiger partial charge < -0.3 is 10.1 Å². The third-order valence-corrected chi connectivity index (χ3v) is 4.21. The van der Waals surface area contributed by atoms with Crippen LogP contribution in [0.2, 0.25) is 0 Å². The first-order chi connectivity index (χ1) is 9.74. The number of piperazine rings is 1. The van der Waals surface area contributed by atoms with Crippen molar-refractivity contribution < 1.29 is 4.74 Å². The lowest BCUT2D eigenvalue weighted by atomic mass is 9.99. The molecule has 1 aromatic carbocycles. The zero-order valence-corrected chi connectivity index (χ0v) is 12.6. The van der Waals surface area contributed by atoms with E-state index in [9.17, 15) is 0 Å². The van der Waals surface area contributed by atoms with Gasteiger partial charge >= 0.3 is 0 Å². The molecule has 0 amide bonds. The molecule has 1 heterocycles. The van der Waals surface area contributed by atoms with Gasteiger partial charge in [-0.2, -0.15) is 0 Å². The van der Waals surface area contributed by atoms with E-state index in [2.05, 4.69) is 48.3 Å². The molecule has 3 nitrogen and oxygen atoms in total. The molecule has 1 saturated heterocycles. The Morgan fingerprint density at radius 2 is 1.75 bits per heavy atom. The molecule has 0 bridgehead atoms. The molecule has 2 aliphatic rings. The minimum absolute atomic E-state index is 0.244. The Labute approximate surface area is 122 Å². The maximum atomic E-state index is 5.75. The monoisotopic (exact) mass is 274 g/mol. The fraction of sp³-hybridized carbons (Fsp3) is 0.647. The van der Waals surface area contributed by atoms with Crippen LogP contribution < -0.4 is 10.1 Å². The van der Waals surface area contributed by atoms with Crippen molar-refractivity contribution in [2.24, 2.45) is 5.92 Å². The molecule has 1 N–H and O–H groups in total. The summed E-state index contributed by atoms with van der Waals surface area (Å²) in [5.41, 5.74) is 1.46. The van der Waals surface area contributed by atoms with Crippen molar-refractivity contribution in [3.8, 4) is 5.75 Å². The Bertz CT molecular complexity index is 419. The Morgan fingerprint density at radius 1 is 1.10 bits per heavy atom. The number of rotatable bonds is 5. The molecule has 0 aromatic heterocycles. The highest BCUT2D eigenvalue weighted by atomic mass is 16.5. The highest BCUT2D eigenvalue weighted by Gasteiger charge is 2.36. The van der Waals surface area contributed by atoms with Crippen LogP contribution >= 0.6 is 0 Å². The lowest BCUT2D eigenvalue weighted by Gasteiger charge is -2.35. The molecule has 1 aliphatic heterocycles. The van der Waals surface area contributed by atoms with Crippen LogP contribution in [0.1, 0.15) is 38.3 Å². The van der Waals surface area contributed by atoms with Crippen molar-refractivity contribution in [1.29, 1.82) is 0 Å². The number of hydrogen-bond acceptors (Lipinski definition) is 3. The van der Waals surface area contributed by atoms with Crippen LogP contribution in [0.5, 0.6) is 5.75 Å². The first kappa shape index (κ1) is 13.9. The van der Waals surface area contributed by atoms with Gasteiger partial charge in [-0.3, -0.25) is 4.90 Å². The lowest BCUT2D eigenvalue weighted by molar-refractivity contribution is 0.156. The third-order valence-electron chi connectivity index (χ3n) is 4.21. The van der Waals surface area contributed by atoms with E-state index in [0.29, 0.717) is 6.04 Å². The second-order valence-electron chi connectivity index (χ2n) is 6.30. The summed E-state index contributed by atoms with van der Waals surface area (Å²) in [6.07, 6.45) is 3.02. The van der Waals surface area contributed by atoms with Crippen molar-refractivity contribution in [3.05, 3.63) is 29.8 Å². The molecule has 20 heavy (non-hydrogen) atoms. The van der Waals surface area contributed by atoms with Gasteiger partial charge in [0, 0.05) is 32.2 Å². The van der Waals surface area contributed by atoms with Crippen molar-refractivity contribution in [3.63, 3.8) is 0 Å². The van der Waals surface area contributed by atoms with Crippen LogP contribution in [0.15, 0.2) is 24.3 Å². The fourth-order valence-corrected chi connectivity index (χ4v) is 3.17. The van der Waals surface area contributed by atoms with Crippen molar-refractivity contribution >= 4 is 0 Å². The molecule has 1 unspecified atom stereocenters. The number of hydrogen-bond donors (Lipinski definition) is 1. The molecule has 3 heteroatoms. The van der Waals surface area contributed by atoms with Crippen LogP contribution in [0.3, 0.4) is 0 Å².